The van der Waals surface area contributed by atoms with Crippen molar-refractivity contribution in [2.45, 2.75) is 39.5 Å². The molecular formula is C15H20N2S. The first-order chi connectivity index (χ1) is 8.36. The average molecular weight is 260 g/mol. The monoisotopic (exact) mass is 260 g/mol. The Morgan fingerprint density at radius 1 is 1.28 bits per heavy atom. The van der Waals surface area contributed by atoms with E-state index in [1.807, 2.05) is 6.07 Å². The fraction of sp³-hybridized carbons (Fsp3) is 0.400. The number of nitrogens with zero attached hydrogens (tertiary/aromatic N) is 1. The summed E-state index contributed by atoms with van der Waals surface area (Å²) in [5.41, 5.74) is 10.5. The lowest BCUT2D eigenvalue weighted by Crippen LogP contribution is -2.11. The summed E-state index contributed by atoms with van der Waals surface area (Å²) < 4.78 is 0. The van der Waals surface area contributed by atoms with Crippen LogP contribution in [0.4, 0.5) is 5.69 Å². The number of anilines is 1. The SMILES string of the molecule is Cc1ccc(Cc2nc(C(C)(C)C)cs2)c(N)c1. The fourth-order valence-electron chi connectivity index (χ4n) is 1.77. The first-order valence-corrected chi connectivity index (χ1v) is 7.04. The van der Waals surface area contributed by atoms with Gasteiger partial charge in [-0.2, -0.15) is 0 Å². The fourth-order valence-corrected chi connectivity index (χ4v) is 2.82. The summed E-state index contributed by atoms with van der Waals surface area (Å²) in [5.74, 6) is 0. The van der Waals surface area contributed by atoms with Gasteiger partial charge in [-0.05, 0) is 24.1 Å². The molecule has 0 atom stereocenters. The van der Waals surface area contributed by atoms with Crippen LogP contribution in [0, 0.1) is 6.92 Å². The third-order valence-electron chi connectivity index (χ3n) is 2.96. The molecule has 3 heteroatoms. The van der Waals surface area contributed by atoms with Gasteiger partial charge in [-0.25, -0.2) is 4.98 Å². The largest absolute Gasteiger partial charge is 0.398 e. The van der Waals surface area contributed by atoms with E-state index in [-0.39, 0.29) is 5.41 Å². The molecule has 0 bridgehead atoms. The Balaban J connectivity index is 2.21. The minimum Gasteiger partial charge on any atom is -0.398 e. The molecule has 1 aromatic heterocycles. The Labute approximate surface area is 113 Å². The normalized spacial score (nSPS) is 11.8. The molecule has 2 N–H and O–H groups in total. The number of nitrogens with two attached hydrogens (primary N) is 1. The molecule has 0 radical (unpaired) electrons. The molecule has 0 saturated heterocycles. The van der Waals surface area contributed by atoms with E-state index in [4.69, 9.17) is 10.7 Å². The second kappa shape index (κ2) is 4.73. The molecule has 18 heavy (non-hydrogen) atoms. The number of hydrogen-bond acceptors (Lipinski definition) is 3. The molecule has 1 aromatic carbocycles. The number of aryl methyl sites for hydroxylation is 1. The summed E-state index contributed by atoms with van der Waals surface area (Å²) in [7, 11) is 0. The van der Waals surface area contributed by atoms with E-state index in [2.05, 4.69) is 45.2 Å². The zero-order valence-corrected chi connectivity index (χ0v) is 12.3. The van der Waals surface area contributed by atoms with Crippen LogP contribution < -0.4 is 5.73 Å². The zero-order valence-electron chi connectivity index (χ0n) is 11.4. The maximum absolute atomic E-state index is 6.04. The van der Waals surface area contributed by atoms with Gasteiger partial charge in [-0.15, -0.1) is 11.3 Å². The Morgan fingerprint density at radius 3 is 2.56 bits per heavy atom. The smallest absolute Gasteiger partial charge is 0.0973 e. The molecule has 2 nitrogen and oxygen atoms in total. The van der Waals surface area contributed by atoms with Crippen molar-refractivity contribution in [2.75, 3.05) is 5.73 Å². The molecule has 96 valence electrons. The highest BCUT2D eigenvalue weighted by atomic mass is 32.1. The van der Waals surface area contributed by atoms with Crippen molar-refractivity contribution in [3.05, 3.63) is 45.4 Å². The van der Waals surface area contributed by atoms with Gasteiger partial charge in [0.05, 0.1) is 10.7 Å². The summed E-state index contributed by atoms with van der Waals surface area (Å²) in [6, 6.07) is 6.22. The van der Waals surface area contributed by atoms with Crippen molar-refractivity contribution in [2.24, 2.45) is 0 Å². The molecule has 0 saturated carbocycles. The highest BCUT2D eigenvalue weighted by molar-refractivity contribution is 7.09. The van der Waals surface area contributed by atoms with E-state index in [1.54, 1.807) is 11.3 Å². The minimum atomic E-state index is 0.119. The van der Waals surface area contributed by atoms with E-state index in [9.17, 15) is 0 Å². The Morgan fingerprint density at radius 2 is 2.00 bits per heavy atom. The molecular weight excluding hydrogens is 240 g/mol. The van der Waals surface area contributed by atoms with E-state index < -0.39 is 0 Å². The van der Waals surface area contributed by atoms with Crippen LogP contribution in [0.5, 0.6) is 0 Å². The molecule has 0 aliphatic rings. The van der Waals surface area contributed by atoms with Gasteiger partial charge in [0.25, 0.3) is 0 Å². The van der Waals surface area contributed by atoms with Gasteiger partial charge in [0, 0.05) is 22.9 Å². The number of rotatable bonds is 2. The van der Waals surface area contributed by atoms with Gasteiger partial charge in [0.1, 0.15) is 0 Å². The number of benzene rings is 1. The Bertz CT molecular complexity index is 550. The first kappa shape index (κ1) is 13.1. The summed E-state index contributed by atoms with van der Waals surface area (Å²) in [6.45, 7) is 8.62. The van der Waals surface area contributed by atoms with Crippen LogP contribution >= 0.6 is 11.3 Å². The number of hydrogen-bond donors (Lipinski definition) is 1. The van der Waals surface area contributed by atoms with Gasteiger partial charge >= 0.3 is 0 Å². The molecule has 0 aliphatic heterocycles. The quantitative estimate of drug-likeness (QED) is 0.831. The summed E-state index contributed by atoms with van der Waals surface area (Å²) in [4.78, 5) is 4.70. The lowest BCUT2D eigenvalue weighted by Gasteiger charge is -2.14. The minimum absolute atomic E-state index is 0.119. The van der Waals surface area contributed by atoms with Gasteiger partial charge < -0.3 is 5.73 Å². The summed E-state index contributed by atoms with van der Waals surface area (Å²) >= 11 is 1.72. The van der Waals surface area contributed by atoms with Crippen molar-refractivity contribution in [1.29, 1.82) is 0 Å². The van der Waals surface area contributed by atoms with Crippen LogP contribution in [-0.2, 0) is 11.8 Å². The van der Waals surface area contributed by atoms with Gasteiger partial charge in [-0.3, -0.25) is 0 Å². The molecule has 0 unspecified atom stereocenters. The van der Waals surface area contributed by atoms with Crippen LogP contribution in [0.1, 0.15) is 42.6 Å². The molecule has 0 aliphatic carbocycles. The lowest BCUT2D eigenvalue weighted by atomic mass is 9.93. The first-order valence-electron chi connectivity index (χ1n) is 6.16. The predicted octanol–water partition coefficient (Wildman–Crippen LogP) is 3.92. The average Bonchev–Trinajstić information content (AvgIpc) is 2.70. The molecule has 2 aromatic rings. The van der Waals surface area contributed by atoms with Crippen LogP contribution in [0.15, 0.2) is 23.6 Å². The van der Waals surface area contributed by atoms with Crippen LogP contribution in [-0.4, -0.2) is 4.98 Å². The van der Waals surface area contributed by atoms with Crippen molar-refractivity contribution in [3.8, 4) is 0 Å². The van der Waals surface area contributed by atoms with Crippen LogP contribution in [0.25, 0.3) is 0 Å². The Hall–Kier alpha value is -1.35. The van der Waals surface area contributed by atoms with E-state index in [0.29, 0.717) is 0 Å². The second-order valence-electron chi connectivity index (χ2n) is 5.76. The van der Waals surface area contributed by atoms with Crippen molar-refractivity contribution in [1.82, 2.24) is 4.98 Å². The number of nitrogen functional groups attached to an aromatic ring is 1. The van der Waals surface area contributed by atoms with Crippen molar-refractivity contribution in [3.63, 3.8) is 0 Å². The third kappa shape index (κ3) is 2.91. The maximum atomic E-state index is 6.04. The standard InChI is InChI=1S/C15H20N2S/c1-10-5-6-11(12(16)7-10)8-14-17-13(9-18-14)15(2,3)4/h5-7,9H,8,16H2,1-4H3. The maximum Gasteiger partial charge on any atom is 0.0973 e. The second-order valence-corrected chi connectivity index (χ2v) is 6.70. The summed E-state index contributed by atoms with van der Waals surface area (Å²) in [6.07, 6.45) is 0.826. The topological polar surface area (TPSA) is 38.9 Å². The molecule has 1 heterocycles. The lowest BCUT2D eigenvalue weighted by molar-refractivity contribution is 0.571. The predicted molar refractivity (Wildman–Crippen MR) is 79.2 cm³/mol. The van der Waals surface area contributed by atoms with Crippen LogP contribution in [0.3, 0.4) is 0 Å². The van der Waals surface area contributed by atoms with Crippen LogP contribution in [0.2, 0.25) is 0 Å². The molecule has 0 spiro atoms. The van der Waals surface area contributed by atoms with E-state index in [0.717, 1.165) is 28.4 Å². The van der Waals surface area contributed by atoms with Gasteiger partial charge in [0.2, 0.25) is 0 Å². The van der Waals surface area contributed by atoms with Gasteiger partial charge in [-0.1, -0.05) is 32.9 Å². The highest BCUT2D eigenvalue weighted by Gasteiger charge is 2.17. The molecule has 0 amide bonds. The van der Waals surface area contributed by atoms with Gasteiger partial charge in [0.15, 0.2) is 0 Å². The van der Waals surface area contributed by atoms with E-state index in [1.165, 1.54) is 5.56 Å². The third-order valence-corrected chi connectivity index (χ3v) is 3.81. The van der Waals surface area contributed by atoms with Crippen molar-refractivity contribution < 1.29 is 0 Å². The Kier molecular flexibility index (Phi) is 3.44. The number of aromatic nitrogens is 1. The number of thiazole rings is 1. The molecule has 2 rings (SSSR count). The summed E-state index contributed by atoms with van der Waals surface area (Å²) in [5, 5.41) is 3.29. The zero-order chi connectivity index (χ0) is 13.3. The van der Waals surface area contributed by atoms with Crippen molar-refractivity contribution >= 4 is 17.0 Å². The highest BCUT2D eigenvalue weighted by Crippen LogP contribution is 2.26. The molecule has 0 fully saturated rings. The van der Waals surface area contributed by atoms with E-state index >= 15 is 0 Å².